The molecule has 50 heavy (non-hydrogen) atoms. The molecule has 3 N–H and O–H groups in total. The zero-order chi connectivity index (χ0) is 36.0. The number of hydrogen-bond acceptors (Lipinski definition) is 10. The minimum Gasteiger partial charge on any atom is -0.497 e. The lowest BCUT2D eigenvalue weighted by Gasteiger charge is -2.39. The van der Waals surface area contributed by atoms with Gasteiger partial charge in [-0.05, 0) is 70.5 Å². The van der Waals surface area contributed by atoms with E-state index in [2.05, 4.69) is 65.1 Å². The number of nitrogens with two attached hydrogens (primary N) is 1. The van der Waals surface area contributed by atoms with Crippen LogP contribution in [0.3, 0.4) is 0 Å². The highest BCUT2D eigenvalue weighted by Gasteiger charge is 2.48. The van der Waals surface area contributed by atoms with Gasteiger partial charge in [-0.1, -0.05) is 26.8 Å². The molecule has 0 unspecified atom stereocenters. The first kappa shape index (κ1) is 35.6. The number of methoxy groups -OCH3 is 2. The van der Waals surface area contributed by atoms with Crippen molar-refractivity contribution in [1.29, 1.82) is 0 Å². The summed E-state index contributed by atoms with van der Waals surface area (Å²) in [5.41, 5.74) is 9.15. The van der Waals surface area contributed by atoms with Gasteiger partial charge in [-0.15, -0.1) is 0 Å². The number of nitrogens with zero attached hydrogens (tertiary/aromatic N) is 5. The van der Waals surface area contributed by atoms with Crippen molar-refractivity contribution >= 4 is 69.4 Å². The van der Waals surface area contributed by atoms with E-state index in [1.807, 2.05) is 71.2 Å². The first-order chi connectivity index (χ1) is 23.7. The first-order valence-corrected chi connectivity index (χ1v) is 20.1. The summed E-state index contributed by atoms with van der Waals surface area (Å²) in [5.74, 6) is 2.32. The predicted octanol–water partition coefficient (Wildman–Crippen LogP) is 7.29. The SMILES string of the molecule is COc1ccc(CN(C)c2ccc3ccc(NC(=O)[C@H]4O[C@@H](n5cc(Br)c6c(N)ncnc65)C[C@@H]4O[Si](C)(C)C(C)(C)C)cc3n2)c(OC)c1. The molecule has 1 aliphatic heterocycles. The molecular weight excluding hydrogens is 718 g/mol. The minimum absolute atomic E-state index is 0.0651. The molecular formula is C36H44BrN7O5Si. The molecule has 4 heterocycles. The average molecular weight is 763 g/mol. The first-order valence-electron chi connectivity index (χ1n) is 16.4. The van der Waals surface area contributed by atoms with Gasteiger partial charge in [0.1, 0.15) is 41.3 Å². The average Bonchev–Trinajstić information content (AvgIpc) is 3.64. The molecule has 3 aromatic heterocycles. The highest BCUT2D eigenvalue weighted by molar-refractivity contribution is 9.10. The number of nitrogen functional groups attached to an aromatic ring is 1. The van der Waals surface area contributed by atoms with Gasteiger partial charge in [0.15, 0.2) is 14.4 Å². The molecule has 12 nitrogen and oxygen atoms in total. The number of aromatic nitrogens is 4. The summed E-state index contributed by atoms with van der Waals surface area (Å²) in [6.45, 7) is 11.5. The van der Waals surface area contributed by atoms with Crippen molar-refractivity contribution in [2.45, 2.75) is 70.3 Å². The molecule has 1 amide bonds. The van der Waals surface area contributed by atoms with Crippen LogP contribution in [0.4, 0.5) is 17.3 Å². The van der Waals surface area contributed by atoms with Crippen molar-refractivity contribution in [3.8, 4) is 11.5 Å². The Kier molecular flexibility index (Phi) is 9.83. The lowest BCUT2D eigenvalue weighted by Crippen LogP contribution is -2.48. The van der Waals surface area contributed by atoms with Gasteiger partial charge in [0.05, 0.1) is 31.2 Å². The molecule has 3 atom stereocenters. The molecule has 0 radical (unpaired) electrons. The lowest BCUT2D eigenvalue weighted by atomic mass is 10.1. The van der Waals surface area contributed by atoms with Gasteiger partial charge in [-0.3, -0.25) is 4.79 Å². The molecule has 1 saturated heterocycles. The Morgan fingerprint density at radius 1 is 1.12 bits per heavy atom. The van der Waals surface area contributed by atoms with E-state index in [1.165, 1.54) is 6.33 Å². The van der Waals surface area contributed by atoms with Crippen LogP contribution in [0.5, 0.6) is 11.5 Å². The summed E-state index contributed by atoms with van der Waals surface area (Å²) in [5, 5.41) is 4.67. The Labute approximate surface area is 301 Å². The van der Waals surface area contributed by atoms with Crippen LogP contribution in [-0.4, -0.2) is 67.2 Å². The summed E-state index contributed by atoms with van der Waals surface area (Å²) in [7, 11) is 2.97. The van der Waals surface area contributed by atoms with E-state index in [9.17, 15) is 4.79 Å². The zero-order valence-corrected chi connectivity index (χ0v) is 32.2. The maximum Gasteiger partial charge on any atom is 0.256 e. The smallest absolute Gasteiger partial charge is 0.256 e. The summed E-state index contributed by atoms with van der Waals surface area (Å²) < 4.78 is 27.0. The number of carbonyl (C=O) groups is 1. The highest BCUT2D eigenvalue weighted by Crippen LogP contribution is 2.43. The predicted molar refractivity (Wildman–Crippen MR) is 202 cm³/mol. The van der Waals surface area contributed by atoms with E-state index in [0.717, 1.165) is 38.3 Å². The van der Waals surface area contributed by atoms with Crippen molar-refractivity contribution in [3.05, 3.63) is 71.1 Å². The van der Waals surface area contributed by atoms with E-state index in [-0.39, 0.29) is 10.9 Å². The number of amides is 1. The third-order valence-electron chi connectivity index (χ3n) is 9.73. The number of ether oxygens (including phenoxy) is 3. The second-order valence-corrected chi connectivity index (χ2v) is 19.7. The van der Waals surface area contributed by atoms with E-state index < -0.39 is 26.8 Å². The Morgan fingerprint density at radius 3 is 2.60 bits per heavy atom. The number of anilines is 3. The van der Waals surface area contributed by atoms with Gasteiger partial charge < -0.3 is 39.2 Å². The number of fused-ring (bicyclic) bond motifs is 2. The van der Waals surface area contributed by atoms with Crippen LogP contribution in [0, 0.1) is 0 Å². The number of pyridine rings is 1. The van der Waals surface area contributed by atoms with Gasteiger partial charge in [0.25, 0.3) is 5.91 Å². The largest absolute Gasteiger partial charge is 0.497 e. The molecule has 264 valence electrons. The molecule has 1 aliphatic rings. The van der Waals surface area contributed by atoms with Gasteiger partial charge in [0, 0.05) is 53.4 Å². The van der Waals surface area contributed by atoms with Crippen LogP contribution < -0.4 is 25.4 Å². The van der Waals surface area contributed by atoms with Crippen molar-refractivity contribution in [2.24, 2.45) is 0 Å². The molecule has 0 bridgehead atoms. The second-order valence-electron chi connectivity index (χ2n) is 14.1. The van der Waals surface area contributed by atoms with Crippen molar-refractivity contribution in [1.82, 2.24) is 19.5 Å². The molecule has 2 aromatic carbocycles. The van der Waals surface area contributed by atoms with Gasteiger partial charge in [-0.25, -0.2) is 15.0 Å². The highest BCUT2D eigenvalue weighted by atomic mass is 79.9. The summed E-state index contributed by atoms with van der Waals surface area (Å²) in [6, 6.07) is 15.5. The maximum absolute atomic E-state index is 14.1. The second kappa shape index (κ2) is 13.8. The van der Waals surface area contributed by atoms with Crippen molar-refractivity contribution in [2.75, 3.05) is 37.2 Å². The molecule has 6 rings (SSSR count). The monoisotopic (exact) mass is 761 g/mol. The number of halogens is 1. The molecule has 1 fully saturated rings. The molecule has 14 heteroatoms. The normalized spacial score (nSPS) is 18.1. The topological polar surface area (TPSA) is 139 Å². The molecule has 0 spiro atoms. The Morgan fingerprint density at radius 2 is 1.88 bits per heavy atom. The van der Waals surface area contributed by atoms with Gasteiger partial charge in [-0.2, -0.15) is 0 Å². The van der Waals surface area contributed by atoms with E-state index in [0.29, 0.717) is 35.5 Å². The van der Waals surface area contributed by atoms with Crippen LogP contribution >= 0.6 is 15.9 Å². The number of carbonyl (C=O) groups excluding carboxylic acids is 1. The fourth-order valence-electron chi connectivity index (χ4n) is 5.92. The Bertz CT molecular complexity index is 2050. The van der Waals surface area contributed by atoms with E-state index in [1.54, 1.807) is 14.2 Å². The summed E-state index contributed by atoms with van der Waals surface area (Å²) in [4.78, 5) is 29.7. The fourth-order valence-corrected chi connectivity index (χ4v) is 7.85. The van der Waals surface area contributed by atoms with Crippen LogP contribution in [0.15, 0.2) is 65.5 Å². The zero-order valence-electron chi connectivity index (χ0n) is 29.7. The molecule has 0 aliphatic carbocycles. The third kappa shape index (κ3) is 7.02. The van der Waals surface area contributed by atoms with Crippen molar-refractivity contribution < 1.29 is 23.4 Å². The number of benzene rings is 2. The minimum atomic E-state index is -2.28. The third-order valence-corrected chi connectivity index (χ3v) is 14.8. The summed E-state index contributed by atoms with van der Waals surface area (Å²) >= 11 is 3.60. The van der Waals surface area contributed by atoms with E-state index >= 15 is 0 Å². The quantitative estimate of drug-likeness (QED) is 0.140. The fraction of sp³-hybridized carbons (Fsp3) is 0.389. The Balaban J connectivity index is 1.25. The summed E-state index contributed by atoms with van der Waals surface area (Å²) in [6.07, 6.45) is 1.90. The van der Waals surface area contributed by atoms with Crippen LogP contribution in [0.1, 0.15) is 39.0 Å². The maximum atomic E-state index is 14.1. The van der Waals surface area contributed by atoms with Crippen LogP contribution in [-0.2, 0) is 20.5 Å². The number of rotatable bonds is 10. The number of hydrogen-bond donors (Lipinski definition) is 2. The van der Waals surface area contributed by atoms with Crippen LogP contribution in [0.2, 0.25) is 18.1 Å². The van der Waals surface area contributed by atoms with Crippen LogP contribution in [0.25, 0.3) is 21.9 Å². The molecule has 5 aromatic rings. The van der Waals surface area contributed by atoms with Gasteiger partial charge >= 0.3 is 0 Å². The van der Waals surface area contributed by atoms with Crippen molar-refractivity contribution in [3.63, 3.8) is 0 Å². The Hall–Kier alpha value is -4.24. The lowest BCUT2D eigenvalue weighted by molar-refractivity contribution is -0.131. The number of nitrogens with one attached hydrogen (secondary N) is 1. The molecule has 0 saturated carbocycles. The van der Waals surface area contributed by atoms with Gasteiger partial charge in [0.2, 0.25) is 0 Å². The standard InChI is InChI=1S/C36H44BrN7O5Si/c1-36(2,3)50(7,8)49-28-17-30(44-19-25(37)31-33(38)39-20-40-34(31)44)48-32(28)35(45)41-23-12-9-21-11-14-29(42-26(21)15-23)43(4)18-22-10-13-24(46-5)16-27(22)47-6/h9-16,19-20,28,30,32H,17-18H2,1-8H3,(H,41,45)(H2,38,39,40)/t28-,30+,32-/m0/s1. The van der Waals surface area contributed by atoms with E-state index in [4.69, 9.17) is 29.4 Å².